The van der Waals surface area contributed by atoms with Gasteiger partial charge in [-0.25, -0.2) is 0 Å². The Morgan fingerprint density at radius 1 is 0.958 bits per heavy atom. The lowest BCUT2D eigenvalue weighted by atomic mass is 9.94. The molecule has 1 aliphatic heterocycles. The lowest BCUT2D eigenvalue weighted by Gasteiger charge is -2.35. The Morgan fingerprint density at radius 3 is 1.96 bits per heavy atom. The van der Waals surface area contributed by atoms with Crippen molar-refractivity contribution in [1.29, 1.82) is 0 Å². The Kier molecular flexibility index (Phi) is 11.4. The van der Waals surface area contributed by atoms with E-state index in [1.54, 1.807) is 0 Å². The molecule has 0 saturated carbocycles. The summed E-state index contributed by atoms with van der Waals surface area (Å²) in [5, 5.41) is 0. The number of hydrogen-bond acceptors (Lipinski definition) is 5. The first-order chi connectivity index (χ1) is 11.6. The minimum Gasteiger partial charge on any atom is -0.379 e. The zero-order valence-electron chi connectivity index (χ0n) is 16.5. The summed E-state index contributed by atoms with van der Waals surface area (Å²) in [6.07, 6.45) is 3.55. The van der Waals surface area contributed by atoms with Crippen LogP contribution in [0.25, 0.3) is 0 Å². The lowest BCUT2D eigenvalue weighted by molar-refractivity contribution is 0.0147. The van der Waals surface area contributed by atoms with Gasteiger partial charge in [0.15, 0.2) is 0 Å². The first-order valence-corrected chi connectivity index (χ1v) is 11.8. The summed E-state index contributed by atoms with van der Waals surface area (Å²) < 4.78 is 23.5. The molecule has 0 radical (unpaired) electrons. The maximum atomic E-state index is 5.99. The molecule has 0 aromatic rings. The van der Waals surface area contributed by atoms with E-state index in [0.717, 1.165) is 38.8 Å². The fourth-order valence-corrected chi connectivity index (χ4v) is 6.28. The van der Waals surface area contributed by atoms with Gasteiger partial charge in [-0.15, -0.1) is 0 Å². The third-order valence-electron chi connectivity index (χ3n) is 4.87. The van der Waals surface area contributed by atoms with E-state index in [2.05, 4.69) is 18.7 Å². The van der Waals surface area contributed by atoms with Gasteiger partial charge in [-0.05, 0) is 46.5 Å². The summed E-state index contributed by atoms with van der Waals surface area (Å²) in [6, 6.07) is 1.54. The highest BCUT2D eigenvalue weighted by Gasteiger charge is 2.40. The van der Waals surface area contributed by atoms with Crippen molar-refractivity contribution < 1.29 is 18.0 Å². The van der Waals surface area contributed by atoms with E-state index in [1.807, 2.05) is 20.8 Å². The first kappa shape index (κ1) is 22.1. The van der Waals surface area contributed by atoms with Crippen LogP contribution in [0.4, 0.5) is 0 Å². The molecule has 1 saturated heterocycles. The molecular formula is C18H39NO4Si. The van der Waals surface area contributed by atoms with Crippen LogP contribution in [-0.2, 0) is 18.0 Å². The van der Waals surface area contributed by atoms with Crippen LogP contribution in [0.2, 0.25) is 6.04 Å². The Bertz CT molecular complexity index is 296. The zero-order valence-corrected chi connectivity index (χ0v) is 17.5. The monoisotopic (exact) mass is 361 g/mol. The molecule has 144 valence electrons. The van der Waals surface area contributed by atoms with E-state index in [0.29, 0.717) is 31.8 Å². The number of nitrogens with zero attached hydrogens (tertiary/aromatic N) is 1. The second-order valence-electron chi connectivity index (χ2n) is 6.53. The Morgan fingerprint density at radius 2 is 1.50 bits per heavy atom. The summed E-state index contributed by atoms with van der Waals surface area (Å²) in [5.74, 6) is 0.691. The van der Waals surface area contributed by atoms with Crippen molar-refractivity contribution in [2.45, 2.75) is 66.0 Å². The van der Waals surface area contributed by atoms with Crippen LogP contribution in [0.3, 0.4) is 0 Å². The Balaban J connectivity index is 2.54. The van der Waals surface area contributed by atoms with E-state index in [4.69, 9.17) is 18.0 Å². The minimum absolute atomic E-state index is 0.612. The summed E-state index contributed by atoms with van der Waals surface area (Å²) >= 11 is 0. The molecule has 0 N–H and O–H groups in total. The predicted octanol–water partition coefficient (Wildman–Crippen LogP) is 3.56. The molecule has 0 aromatic heterocycles. The molecule has 1 aliphatic rings. The largest absolute Gasteiger partial charge is 0.500 e. The third-order valence-corrected chi connectivity index (χ3v) is 7.96. The molecule has 1 rings (SSSR count). The third kappa shape index (κ3) is 7.50. The van der Waals surface area contributed by atoms with Gasteiger partial charge in [0.25, 0.3) is 0 Å². The van der Waals surface area contributed by atoms with E-state index in [1.165, 1.54) is 12.8 Å². The molecule has 6 heteroatoms. The van der Waals surface area contributed by atoms with Crippen molar-refractivity contribution >= 4 is 8.80 Å². The van der Waals surface area contributed by atoms with Gasteiger partial charge in [0.1, 0.15) is 0 Å². The van der Waals surface area contributed by atoms with Crippen molar-refractivity contribution in [3.05, 3.63) is 0 Å². The molecule has 5 nitrogen and oxygen atoms in total. The van der Waals surface area contributed by atoms with Crippen LogP contribution in [0, 0.1) is 5.92 Å². The quantitative estimate of drug-likeness (QED) is 0.469. The van der Waals surface area contributed by atoms with Crippen LogP contribution < -0.4 is 0 Å². The first-order valence-electron chi connectivity index (χ1n) is 9.84. The smallest absolute Gasteiger partial charge is 0.379 e. The maximum Gasteiger partial charge on any atom is 0.500 e. The van der Waals surface area contributed by atoms with Gasteiger partial charge in [-0.2, -0.15) is 0 Å². The summed E-state index contributed by atoms with van der Waals surface area (Å²) in [5.41, 5.74) is 0. The fourth-order valence-electron chi connectivity index (χ4n) is 3.52. The molecule has 2 unspecified atom stereocenters. The second-order valence-corrected chi connectivity index (χ2v) is 9.26. The van der Waals surface area contributed by atoms with Crippen molar-refractivity contribution in [3.8, 4) is 0 Å². The predicted molar refractivity (Wildman–Crippen MR) is 100 cm³/mol. The van der Waals surface area contributed by atoms with Gasteiger partial charge in [-0.3, -0.25) is 4.90 Å². The highest BCUT2D eigenvalue weighted by molar-refractivity contribution is 6.60. The summed E-state index contributed by atoms with van der Waals surface area (Å²) in [4.78, 5) is 2.56. The highest BCUT2D eigenvalue weighted by Crippen LogP contribution is 2.26. The van der Waals surface area contributed by atoms with E-state index >= 15 is 0 Å². The lowest BCUT2D eigenvalue weighted by Crippen LogP contribution is -2.46. The average molecular weight is 362 g/mol. The number of rotatable bonds is 13. The van der Waals surface area contributed by atoms with Crippen LogP contribution in [0.1, 0.15) is 53.9 Å². The van der Waals surface area contributed by atoms with Crippen molar-refractivity contribution in [1.82, 2.24) is 4.90 Å². The minimum atomic E-state index is -2.50. The topological polar surface area (TPSA) is 40.2 Å². The van der Waals surface area contributed by atoms with Crippen LogP contribution >= 0.6 is 0 Å². The maximum absolute atomic E-state index is 5.99. The SMILES string of the molecule is CCO[Si](CCC(CC)CC(C)N1CCOCC1)(OCC)OCC. The van der Waals surface area contributed by atoms with E-state index in [-0.39, 0.29) is 0 Å². The highest BCUT2D eigenvalue weighted by atomic mass is 28.4. The Hall–Kier alpha value is 0.0169. The van der Waals surface area contributed by atoms with Crippen LogP contribution in [0.5, 0.6) is 0 Å². The van der Waals surface area contributed by atoms with Gasteiger partial charge in [0, 0.05) is 45.0 Å². The van der Waals surface area contributed by atoms with Gasteiger partial charge in [0.2, 0.25) is 0 Å². The molecule has 0 bridgehead atoms. The summed E-state index contributed by atoms with van der Waals surface area (Å²) in [7, 11) is -2.50. The molecule has 0 aromatic carbocycles. The number of morpholine rings is 1. The van der Waals surface area contributed by atoms with Crippen molar-refractivity contribution in [2.24, 2.45) is 5.92 Å². The molecule has 1 fully saturated rings. The van der Waals surface area contributed by atoms with Crippen LogP contribution in [-0.4, -0.2) is 65.9 Å². The molecule has 2 atom stereocenters. The van der Waals surface area contributed by atoms with E-state index < -0.39 is 8.80 Å². The van der Waals surface area contributed by atoms with E-state index in [9.17, 15) is 0 Å². The molecule has 0 aliphatic carbocycles. The van der Waals surface area contributed by atoms with Crippen molar-refractivity contribution in [2.75, 3.05) is 46.1 Å². The van der Waals surface area contributed by atoms with Crippen LogP contribution in [0.15, 0.2) is 0 Å². The molecule has 0 spiro atoms. The molecular weight excluding hydrogens is 322 g/mol. The van der Waals surface area contributed by atoms with Gasteiger partial charge in [0.05, 0.1) is 13.2 Å². The van der Waals surface area contributed by atoms with Crippen molar-refractivity contribution in [3.63, 3.8) is 0 Å². The number of hydrogen-bond donors (Lipinski definition) is 0. The molecule has 1 heterocycles. The van der Waals surface area contributed by atoms with Gasteiger partial charge in [-0.1, -0.05) is 13.3 Å². The standard InChI is InChI=1S/C18H39NO4Si/c1-6-18(16-17(5)19-11-13-20-14-12-19)10-15-24(21-7-2,22-8-3)23-9-4/h17-18H,6-16H2,1-5H3. The molecule has 0 amide bonds. The second kappa shape index (κ2) is 12.4. The normalized spacial score (nSPS) is 19.4. The van der Waals surface area contributed by atoms with Gasteiger partial charge < -0.3 is 18.0 Å². The Labute approximate surface area is 150 Å². The molecule has 24 heavy (non-hydrogen) atoms. The number of ether oxygens (including phenoxy) is 1. The summed E-state index contributed by atoms with van der Waals surface area (Å²) in [6.45, 7) is 16.6. The zero-order chi connectivity index (χ0) is 17.8. The van der Waals surface area contributed by atoms with Gasteiger partial charge >= 0.3 is 8.80 Å². The fraction of sp³-hybridized carbons (Fsp3) is 1.00. The average Bonchev–Trinajstić information content (AvgIpc) is 2.60.